The summed E-state index contributed by atoms with van der Waals surface area (Å²) in [6.07, 6.45) is 8.69. The normalized spacial score (nSPS) is 20.5. The van der Waals surface area contributed by atoms with Gasteiger partial charge in [0.15, 0.2) is 15.5 Å². The van der Waals surface area contributed by atoms with Gasteiger partial charge in [-0.05, 0) is 31.7 Å². The Morgan fingerprint density at radius 3 is 2.39 bits per heavy atom. The van der Waals surface area contributed by atoms with Crippen LogP contribution in [-0.4, -0.2) is 72.3 Å². The van der Waals surface area contributed by atoms with Crippen molar-refractivity contribution in [3.8, 4) is 22.4 Å². The van der Waals surface area contributed by atoms with Crippen molar-refractivity contribution in [3.63, 3.8) is 0 Å². The van der Waals surface area contributed by atoms with Crippen LogP contribution in [0, 0.1) is 0 Å². The minimum atomic E-state index is -3.74. The summed E-state index contributed by atoms with van der Waals surface area (Å²) in [5, 5.41) is 11.0. The summed E-state index contributed by atoms with van der Waals surface area (Å²) in [4.78, 5) is 28.6. The van der Waals surface area contributed by atoms with E-state index in [4.69, 9.17) is 10.7 Å². The number of aromatic amines is 1. The number of nitrogens with two attached hydrogens (primary N) is 1. The van der Waals surface area contributed by atoms with Gasteiger partial charge in [-0.3, -0.25) is 14.9 Å². The van der Waals surface area contributed by atoms with Gasteiger partial charge in [-0.2, -0.15) is 9.61 Å². The number of nitrogens with zero attached hydrogens (tertiary/aromatic N) is 7. The summed E-state index contributed by atoms with van der Waals surface area (Å²) in [7, 11) is -3.74. The molecule has 208 valence electrons. The van der Waals surface area contributed by atoms with Crippen LogP contribution in [0.25, 0.3) is 28.0 Å². The Morgan fingerprint density at radius 2 is 1.76 bits per heavy atom. The molecule has 3 N–H and O–H groups in total. The molecule has 5 aromatic rings. The molecule has 2 bridgehead atoms. The Morgan fingerprint density at radius 1 is 1.00 bits per heavy atom. The number of rotatable bonds is 5. The number of aromatic nitrogens is 7. The highest BCUT2D eigenvalue weighted by Crippen LogP contribution is 2.45. The van der Waals surface area contributed by atoms with Crippen molar-refractivity contribution in [1.82, 2.24) is 39.7 Å². The third kappa shape index (κ3) is 4.24. The standard InChI is InChI=1S/C28H27N9O3S/c1-41(39,40)24-23(18-11-19-8-9-20(12-18)36(19)28(38)26-31-15-32-35-26)34-27-21(14-33-37(27)25(24)29)17-7-10-22(30-13-17)16-5-3-2-4-6-16/h2-7,10,13-15,18-20H,8-9,11-12,29H2,1H3,(H,31,32,35)/t18-,19+,20-. The first-order chi connectivity index (χ1) is 19.8. The zero-order valence-electron chi connectivity index (χ0n) is 22.2. The van der Waals surface area contributed by atoms with E-state index in [0.717, 1.165) is 35.9 Å². The van der Waals surface area contributed by atoms with E-state index in [1.54, 1.807) is 12.4 Å². The summed E-state index contributed by atoms with van der Waals surface area (Å²) in [5.41, 5.74) is 10.7. The molecule has 3 atom stereocenters. The second kappa shape index (κ2) is 9.47. The first-order valence-corrected chi connectivity index (χ1v) is 15.3. The summed E-state index contributed by atoms with van der Waals surface area (Å²) in [6.45, 7) is 0. The maximum Gasteiger partial charge on any atom is 0.294 e. The highest BCUT2D eigenvalue weighted by atomic mass is 32.2. The van der Waals surface area contributed by atoms with E-state index in [9.17, 15) is 13.2 Å². The lowest BCUT2D eigenvalue weighted by molar-refractivity contribution is 0.0556. The zero-order chi connectivity index (χ0) is 28.3. The number of nitrogen functional groups attached to an aromatic ring is 1. The minimum Gasteiger partial charge on any atom is -0.382 e. The van der Waals surface area contributed by atoms with Gasteiger partial charge in [0.05, 0.1) is 17.6 Å². The first kappa shape index (κ1) is 25.3. The van der Waals surface area contributed by atoms with Gasteiger partial charge >= 0.3 is 0 Å². The lowest BCUT2D eigenvalue weighted by Crippen LogP contribution is -2.46. The quantitative estimate of drug-likeness (QED) is 0.323. The molecule has 7 rings (SSSR count). The molecule has 0 aliphatic carbocycles. The molecule has 0 radical (unpaired) electrons. The monoisotopic (exact) mass is 569 g/mol. The van der Waals surface area contributed by atoms with Crippen molar-refractivity contribution in [2.75, 3.05) is 12.0 Å². The molecular weight excluding hydrogens is 542 g/mol. The molecule has 41 heavy (non-hydrogen) atoms. The average Bonchev–Trinajstić information content (AvgIpc) is 3.71. The van der Waals surface area contributed by atoms with Gasteiger partial charge in [-0.15, -0.1) is 5.10 Å². The molecule has 0 spiro atoms. The number of carbonyl (C=O) groups is 1. The maximum atomic E-state index is 13.1. The van der Waals surface area contributed by atoms with Crippen LogP contribution >= 0.6 is 0 Å². The van der Waals surface area contributed by atoms with Crippen molar-refractivity contribution in [2.45, 2.75) is 48.6 Å². The van der Waals surface area contributed by atoms with E-state index in [-0.39, 0.29) is 40.4 Å². The number of carbonyl (C=O) groups excluding carboxylic acids is 1. The number of benzene rings is 1. The third-order valence-electron chi connectivity index (χ3n) is 8.14. The van der Waals surface area contributed by atoms with E-state index in [1.165, 1.54) is 10.8 Å². The Labute approximate surface area is 235 Å². The summed E-state index contributed by atoms with van der Waals surface area (Å²) < 4.78 is 27.5. The SMILES string of the molecule is CS(=O)(=O)c1c([C@H]2C[C@H]3CC[C@@H](C2)N3C(=O)c2nc[nH]n2)nc2c(-c3ccc(-c4ccccc4)nc3)cnn2c1N. The predicted octanol–water partition coefficient (Wildman–Crippen LogP) is 3.11. The van der Waals surface area contributed by atoms with Crippen molar-refractivity contribution in [1.29, 1.82) is 0 Å². The number of hydrogen-bond donors (Lipinski definition) is 2. The van der Waals surface area contributed by atoms with Gasteiger partial charge in [0, 0.05) is 47.1 Å². The van der Waals surface area contributed by atoms with Crippen molar-refractivity contribution in [3.05, 3.63) is 72.7 Å². The fourth-order valence-electron chi connectivity index (χ4n) is 6.37. The number of nitrogens with one attached hydrogen (secondary N) is 1. The second-order valence-corrected chi connectivity index (χ2v) is 12.6. The van der Waals surface area contributed by atoms with E-state index in [1.807, 2.05) is 47.4 Å². The molecule has 6 heterocycles. The van der Waals surface area contributed by atoms with Crippen LogP contribution in [0.3, 0.4) is 0 Å². The predicted molar refractivity (Wildman–Crippen MR) is 151 cm³/mol. The minimum absolute atomic E-state index is 0.00431. The van der Waals surface area contributed by atoms with Crippen LogP contribution in [0.5, 0.6) is 0 Å². The molecule has 0 unspecified atom stereocenters. The van der Waals surface area contributed by atoms with Crippen LogP contribution in [0.2, 0.25) is 0 Å². The number of sulfone groups is 1. The number of pyridine rings is 1. The van der Waals surface area contributed by atoms with Gasteiger partial charge in [0.1, 0.15) is 17.0 Å². The Kier molecular flexibility index (Phi) is 5.85. The van der Waals surface area contributed by atoms with Crippen LogP contribution in [-0.2, 0) is 9.84 Å². The highest BCUT2D eigenvalue weighted by Gasteiger charge is 2.46. The van der Waals surface area contributed by atoms with Crippen LogP contribution in [0.4, 0.5) is 5.82 Å². The van der Waals surface area contributed by atoms with Crippen molar-refractivity contribution < 1.29 is 13.2 Å². The maximum absolute atomic E-state index is 13.1. The van der Waals surface area contributed by atoms with E-state index < -0.39 is 9.84 Å². The van der Waals surface area contributed by atoms with E-state index in [2.05, 4.69) is 25.3 Å². The van der Waals surface area contributed by atoms with Crippen molar-refractivity contribution >= 4 is 27.2 Å². The van der Waals surface area contributed by atoms with Gasteiger partial charge in [-0.25, -0.2) is 18.4 Å². The molecule has 1 aromatic carbocycles. The van der Waals surface area contributed by atoms with Gasteiger partial charge < -0.3 is 10.6 Å². The molecular formula is C28H27N9O3S. The molecule has 2 saturated heterocycles. The summed E-state index contributed by atoms with van der Waals surface area (Å²) >= 11 is 0. The highest BCUT2D eigenvalue weighted by molar-refractivity contribution is 7.91. The van der Waals surface area contributed by atoms with E-state index in [0.29, 0.717) is 29.7 Å². The molecule has 13 heteroatoms. The number of hydrogen-bond acceptors (Lipinski definition) is 9. The number of piperidine rings is 1. The van der Waals surface area contributed by atoms with Gasteiger partial charge in [0.2, 0.25) is 5.82 Å². The molecule has 0 saturated carbocycles. The lowest BCUT2D eigenvalue weighted by atomic mass is 9.87. The molecule has 2 fully saturated rings. The topological polar surface area (TPSA) is 165 Å². The van der Waals surface area contributed by atoms with Crippen LogP contribution in [0.15, 0.2) is 66.1 Å². The smallest absolute Gasteiger partial charge is 0.294 e. The first-order valence-electron chi connectivity index (χ1n) is 13.4. The molecule has 2 aliphatic rings. The molecule has 12 nitrogen and oxygen atoms in total. The number of anilines is 1. The number of fused-ring (bicyclic) bond motifs is 3. The zero-order valence-corrected chi connectivity index (χ0v) is 23.0. The summed E-state index contributed by atoms with van der Waals surface area (Å²) in [5.74, 6) is -0.258. The fourth-order valence-corrected chi connectivity index (χ4v) is 7.43. The van der Waals surface area contributed by atoms with Gasteiger partial charge in [0.25, 0.3) is 5.91 Å². The Balaban J connectivity index is 1.29. The average molecular weight is 570 g/mol. The van der Waals surface area contributed by atoms with E-state index >= 15 is 0 Å². The summed E-state index contributed by atoms with van der Waals surface area (Å²) in [6, 6.07) is 13.6. The number of amides is 1. The van der Waals surface area contributed by atoms with Crippen LogP contribution in [0.1, 0.15) is 47.9 Å². The number of H-pyrrole nitrogens is 1. The molecule has 4 aromatic heterocycles. The fraction of sp³-hybridized carbons (Fsp3) is 0.286. The largest absolute Gasteiger partial charge is 0.382 e. The lowest BCUT2D eigenvalue weighted by Gasteiger charge is -2.38. The third-order valence-corrected chi connectivity index (χ3v) is 9.30. The van der Waals surface area contributed by atoms with Gasteiger partial charge in [-0.1, -0.05) is 36.4 Å². The Hall–Kier alpha value is -4.65. The van der Waals surface area contributed by atoms with Crippen LogP contribution < -0.4 is 5.73 Å². The molecule has 1 amide bonds. The molecule has 2 aliphatic heterocycles. The van der Waals surface area contributed by atoms with Crippen molar-refractivity contribution in [2.24, 2.45) is 0 Å². The Bertz CT molecular complexity index is 1860. The second-order valence-electron chi connectivity index (χ2n) is 10.7.